The molecular weight excluding hydrogens is 538 g/mol. The number of pyridine rings is 1. The van der Waals surface area contributed by atoms with Gasteiger partial charge in [-0.3, -0.25) is 9.55 Å². The van der Waals surface area contributed by atoms with E-state index in [1.165, 1.54) is 22.3 Å². The van der Waals surface area contributed by atoms with Crippen LogP contribution in [0.3, 0.4) is 0 Å². The highest BCUT2D eigenvalue weighted by atomic mass is 16.3. The molecule has 0 saturated heterocycles. The van der Waals surface area contributed by atoms with E-state index in [1.54, 1.807) is 0 Å². The third kappa shape index (κ3) is 4.02. The first-order valence-electron chi connectivity index (χ1n) is 17.9. The van der Waals surface area contributed by atoms with E-state index in [0.717, 1.165) is 87.1 Å². The molecule has 0 spiro atoms. The zero-order valence-corrected chi connectivity index (χ0v) is 26.7. The van der Waals surface area contributed by atoms with Gasteiger partial charge in [0.1, 0.15) is 17.0 Å². The van der Waals surface area contributed by atoms with Crippen LogP contribution in [-0.4, -0.2) is 14.5 Å². The van der Waals surface area contributed by atoms with Crippen LogP contribution in [0, 0.1) is 25.7 Å². The van der Waals surface area contributed by atoms with Crippen molar-refractivity contribution in [1.82, 2.24) is 14.5 Å². The summed E-state index contributed by atoms with van der Waals surface area (Å²) in [5.74, 6) is 1.81. The maximum atomic E-state index is 8.15. The van der Waals surface area contributed by atoms with Crippen LogP contribution in [0.1, 0.15) is 109 Å². The van der Waals surface area contributed by atoms with Crippen LogP contribution < -0.4 is 0 Å². The fraction of sp³-hybridized carbons (Fsp3) is 0.400. The molecule has 0 aliphatic heterocycles. The molecule has 44 heavy (non-hydrogen) atoms. The van der Waals surface area contributed by atoms with Crippen molar-refractivity contribution in [2.45, 2.75) is 91.8 Å². The lowest BCUT2D eigenvalue weighted by atomic mass is 9.74. The molecule has 0 bridgehead atoms. The molecule has 0 N–H and O–H groups in total. The lowest BCUT2D eigenvalue weighted by Gasteiger charge is -2.31. The van der Waals surface area contributed by atoms with Gasteiger partial charge in [-0.2, -0.15) is 0 Å². The summed E-state index contributed by atoms with van der Waals surface area (Å²) in [5, 5.41) is 2.30. The maximum absolute atomic E-state index is 8.15. The van der Waals surface area contributed by atoms with Gasteiger partial charge in [-0.25, -0.2) is 4.98 Å². The van der Waals surface area contributed by atoms with Crippen molar-refractivity contribution in [1.29, 1.82) is 0 Å². The number of aromatic nitrogens is 3. The predicted octanol–water partition coefficient (Wildman–Crippen LogP) is 10.9. The van der Waals surface area contributed by atoms with E-state index in [9.17, 15) is 0 Å². The van der Waals surface area contributed by atoms with Crippen molar-refractivity contribution < 1.29 is 8.53 Å². The van der Waals surface area contributed by atoms with Gasteiger partial charge in [-0.05, 0) is 97.6 Å². The van der Waals surface area contributed by atoms with Gasteiger partial charge in [0.05, 0.1) is 22.4 Å². The molecule has 8 rings (SSSR count). The predicted molar refractivity (Wildman–Crippen MR) is 182 cm³/mol. The average molecular weight is 585 g/mol. The Balaban J connectivity index is 1.45. The van der Waals surface area contributed by atoms with Crippen molar-refractivity contribution in [3.05, 3.63) is 88.2 Å². The fourth-order valence-corrected chi connectivity index (χ4v) is 8.53. The number of aryl methyl sites for hydroxylation is 2. The third-order valence-corrected chi connectivity index (χ3v) is 10.3. The summed E-state index contributed by atoms with van der Waals surface area (Å²) in [7, 11) is 0. The molecule has 3 aromatic carbocycles. The molecule has 3 atom stereocenters. The van der Waals surface area contributed by atoms with Gasteiger partial charge >= 0.3 is 0 Å². The summed E-state index contributed by atoms with van der Waals surface area (Å²) in [4.78, 5) is 10.4. The number of hydrogen-bond donors (Lipinski definition) is 0. The number of fused-ring (bicyclic) bond motifs is 7. The number of hydrogen-bond acceptors (Lipinski definition) is 3. The Morgan fingerprint density at radius 1 is 0.932 bits per heavy atom. The first kappa shape index (κ1) is 24.4. The van der Waals surface area contributed by atoms with Gasteiger partial charge in [-0.15, -0.1) is 0 Å². The van der Waals surface area contributed by atoms with E-state index in [-0.39, 0.29) is 17.8 Å². The van der Waals surface area contributed by atoms with Crippen molar-refractivity contribution in [2.75, 3.05) is 0 Å². The minimum Gasteiger partial charge on any atom is -0.456 e. The van der Waals surface area contributed by atoms with Crippen molar-refractivity contribution in [3.8, 4) is 17.1 Å². The average Bonchev–Trinajstić information content (AvgIpc) is 3.70. The zero-order valence-electron chi connectivity index (χ0n) is 29.7. The van der Waals surface area contributed by atoms with Crippen LogP contribution in [0.4, 0.5) is 0 Å². The van der Waals surface area contributed by atoms with Gasteiger partial charge in [0, 0.05) is 31.7 Å². The second kappa shape index (κ2) is 10.1. The second-order valence-electron chi connectivity index (χ2n) is 14.0. The van der Waals surface area contributed by atoms with Crippen LogP contribution >= 0.6 is 0 Å². The van der Waals surface area contributed by atoms with E-state index < -0.39 is 6.85 Å². The van der Waals surface area contributed by atoms with E-state index in [4.69, 9.17) is 18.5 Å². The second-order valence-corrected chi connectivity index (χ2v) is 14.0. The normalized spacial score (nSPS) is 21.3. The number of furan rings is 1. The Morgan fingerprint density at radius 2 is 1.77 bits per heavy atom. The topological polar surface area (TPSA) is 43.9 Å². The van der Waals surface area contributed by atoms with Crippen molar-refractivity contribution in [3.63, 3.8) is 0 Å². The van der Waals surface area contributed by atoms with Crippen molar-refractivity contribution in [2.24, 2.45) is 11.8 Å². The molecule has 4 nitrogen and oxygen atoms in total. The van der Waals surface area contributed by atoms with Crippen LogP contribution in [0.2, 0.25) is 0 Å². The summed E-state index contributed by atoms with van der Waals surface area (Å²) in [6, 6.07) is 19.5. The van der Waals surface area contributed by atoms with E-state index in [1.807, 2.05) is 13.0 Å². The van der Waals surface area contributed by atoms with Gasteiger partial charge in [-0.1, -0.05) is 77.4 Å². The SMILES string of the molecule is [2H]C([2H])([2H])C1CCC2c3c(cccc3-c3nc4cc(C)nc(C)c4n3-c3c(C(C)C)cc4c(oc5ccccc54)c3C(C)C)CC2C1. The molecule has 3 aromatic heterocycles. The van der Waals surface area contributed by atoms with Gasteiger partial charge in [0.2, 0.25) is 0 Å². The maximum Gasteiger partial charge on any atom is 0.146 e. The quantitative estimate of drug-likeness (QED) is 0.207. The van der Waals surface area contributed by atoms with Crippen LogP contribution in [0.5, 0.6) is 0 Å². The number of para-hydroxylation sites is 1. The summed E-state index contributed by atoms with van der Waals surface area (Å²) in [6.45, 7) is 11.3. The van der Waals surface area contributed by atoms with E-state index in [2.05, 4.69) is 87.7 Å². The van der Waals surface area contributed by atoms with E-state index >= 15 is 0 Å². The first-order valence-corrected chi connectivity index (χ1v) is 16.4. The molecular formula is C40H43N3O. The molecule has 1 fully saturated rings. The lowest BCUT2D eigenvalue weighted by Crippen LogP contribution is -2.19. The van der Waals surface area contributed by atoms with Gasteiger partial charge in [0.15, 0.2) is 0 Å². The molecule has 3 unspecified atom stereocenters. The van der Waals surface area contributed by atoms with Crippen LogP contribution in [0.15, 0.2) is 59.0 Å². The molecule has 224 valence electrons. The number of benzene rings is 3. The summed E-state index contributed by atoms with van der Waals surface area (Å²) in [6.07, 6.45) is 3.32. The molecule has 2 aliphatic rings. The molecule has 4 heteroatoms. The highest BCUT2D eigenvalue weighted by molar-refractivity contribution is 6.08. The monoisotopic (exact) mass is 584 g/mol. The molecule has 6 aromatic rings. The summed E-state index contributed by atoms with van der Waals surface area (Å²) < 4.78 is 33.6. The molecule has 1 saturated carbocycles. The minimum atomic E-state index is -1.89. The molecule has 0 radical (unpaired) electrons. The third-order valence-electron chi connectivity index (χ3n) is 10.3. The number of imidazole rings is 1. The van der Waals surface area contributed by atoms with Crippen LogP contribution in [-0.2, 0) is 6.42 Å². The molecule has 0 amide bonds. The summed E-state index contributed by atoms with van der Waals surface area (Å²) in [5.41, 5.74) is 13.2. The van der Waals surface area contributed by atoms with Gasteiger partial charge < -0.3 is 4.42 Å². The summed E-state index contributed by atoms with van der Waals surface area (Å²) >= 11 is 0. The Kier molecular flexibility index (Phi) is 5.58. The highest BCUT2D eigenvalue weighted by Crippen LogP contribution is 2.52. The Labute approximate surface area is 264 Å². The molecule has 3 heterocycles. The van der Waals surface area contributed by atoms with E-state index in [0.29, 0.717) is 11.8 Å². The smallest absolute Gasteiger partial charge is 0.146 e. The van der Waals surface area contributed by atoms with Gasteiger partial charge in [0.25, 0.3) is 0 Å². The Hall–Kier alpha value is -3.92. The Bertz CT molecular complexity index is 2200. The number of nitrogens with zero attached hydrogens (tertiary/aromatic N) is 3. The number of rotatable bonds is 4. The minimum absolute atomic E-state index is 0.178. The molecule has 2 aliphatic carbocycles. The largest absolute Gasteiger partial charge is 0.456 e. The highest BCUT2D eigenvalue weighted by Gasteiger charge is 2.39. The zero-order chi connectivity index (χ0) is 32.9. The lowest BCUT2D eigenvalue weighted by molar-refractivity contribution is 0.261. The standard InChI is InChI=1S/C40H43N3O/c1-21(2)31-20-32-29-12-8-9-14-34(29)44-39(32)35(22(3)4)38(31)43-37-25(7)41-24(6)18-33(37)42-40(43)30-13-10-11-26-19-27-17-23(5)15-16-28(27)36(26)30/h8-14,18,20-23,27-28H,15-17,19H2,1-7H3/i5D3. The van der Waals surface area contributed by atoms with Crippen molar-refractivity contribution >= 4 is 33.0 Å². The first-order chi connectivity index (χ1) is 22.4. The Morgan fingerprint density at radius 3 is 2.57 bits per heavy atom. The van der Waals surface area contributed by atoms with Crippen LogP contribution in [0.25, 0.3) is 50.0 Å². The fourth-order valence-electron chi connectivity index (χ4n) is 8.53.